The van der Waals surface area contributed by atoms with Gasteiger partial charge in [0.1, 0.15) is 0 Å². The fraction of sp³-hybridized carbons (Fsp3) is 0.0141. The van der Waals surface area contributed by atoms with Crippen molar-refractivity contribution in [3.63, 3.8) is 0 Å². The van der Waals surface area contributed by atoms with Crippen LogP contribution < -0.4 is 0 Å². The smallest absolute Gasteiger partial charge is 0.167 e. The van der Waals surface area contributed by atoms with Crippen LogP contribution in [0.4, 0.5) is 0 Å². The van der Waals surface area contributed by atoms with E-state index in [-0.39, 0.29) is 0 Å². The first-order chi connectivity index (χ1) is 41.2. The summed E-state index contributed by atoms with van der Waals surface area (Å²) in [6.45, 7) is 2.05. The Kier molecular flexibility index (Phi) is 10.2. The predicted octanol–water partition coefficient (Wildman–Crippen LogP) is 16.2. The van der Waals surface area contributed by atoms with Crippen LogP contribution in [0, 0.1) is 6.92 Å². The molecule has 7 aromatic carbocycles. The molecule has 0 radical (unpaired) electrons. The van der Waals surface area contributed by atoms with Crippen LogP contribution in [-0.4, -0.2) is 58.1 Å². The molecule has 0 aliphatic heterocycles. The minimum atomic E-state index is 0.427. The molecule has 0 fully saturated rings. The maximum Gasteiger partial charge on any atom is 0.167 e. The molecular formula is C71H44N12. The highest BCUT2D eigenvalue weighted by Crippen LogP contribution is 2.54. The first-order valence-corrected chi connectivity index (χ1v) is 27.6. The molecule has 10 aromatic heterocycles. The molecule has 0 aliphatic rings. The lowest BCUT2D eigenvalue weighted by Crippen LogP contribution is -2.17. The number of aromatic nitrogens is 12. The van der Waals surface area contributed by atoms with E-state index in [0.717, 1.165) is 133 Å². The Bertz CT molecular complexity index is 5210. The lowest BCUT2D eigenvalue weighted by Gasteiger charge is -2.30. The number of para-hydroxylation sites is 4. The van der Waals surface area contributed by atoms with E-state index >= 15 is 0 Å². The molecule has 0 unspecified atom stereocenters. The van der Waals surface area contributed by atoms with Crippen molar-refractivity contribution in [2.45, 2.75) is 6.92 Å². The van der Waals surface area contributed by atoms with Gasteiger partial charge in [0.25, 0.3) is 0 Å². The minimum absolute atomic E-state index is 0.427. The molecule has 0 amide bonds. The lowest BCUT2D eigenvalue weighted by atomic mass is 9.93. The van der Waals surface area contributed by atoms with Crippen molar-refractivity contribution < 1.29 is 0 Å². The van der Waals surface area contributed by atoms with Gasteiger partial charge in [0.15, 0.2) is 17.5 Å². The van der Waals surface area contributed by atoms with Crippen LogP contribution >= 0.6 is 0 Å². The van der Waals surface area contributed by atoms with Crippen molar-refractivity contribution in [1.29, 1.82) is 0 Å². The minimum Gasteiger partial charge on any atom is -0.305 e. The highest BCUT2D eigenvalue weighted by molar-refractivity contribution is 6.16. The van der Waals surface area contributed by atoms with E-state index in [9.17, 15) is 0 Å². The van der Waals surface area contributed by atoms with Gasteiger partial charge in [-0.1, -0.05) is 140 Å². The van der Waals surface area contributed by atoms with Crippen LogP contribution in [0.2, 0.25) is 0 Å². The summed E-state index contributed by atoms with van der Waals surface area (Å²) in [7, 11) is 0. The molecule has 83 heavy (non-hydrogen) atoms. The Balaban J connectivity index is 1.26. The topological polar surface area (TPSA) is 123 Å². The Labute approximate surface area is 473 Å². The van der Waals surface area contributed by atoms with Gasteiger partial charge in [0, 0.05) is 68.7 Å². The number of benzene rings is 7. The quantitative estimate of drug-likeness (QED) is 0.147. The number of pyridine rings is 5. The second-order valence-corrected chi connectivity index (χ2v) is 20.7. The number of rotatable bonds is 8. The molecule has 17 rings (SSSR count). The summed E-state index contributed by atoms with van der Waals surface area (Å²) in [5.74, 6) is 1.45. The van der Waals surface area contributed by atoms with Crippen molar-refractivity contribution in [3.05, 3.63) is 255 Å². The molecule has 388 valence electrons. The molecule has 17 aromatic rings. The zero-order valence-electron chi connectivity index (χ0n) is 44.5. The van der Waals surface area contributed by atoms with Crippen LogP contribution in [-0.2, 0) is 0 Å². The molecule has 0 bridgehead atoms. The predicted molar refractivity (Wildman–Crippen MR) is 333 cm³/mol. The average Bonchev–Trinajstić information content (AvgIpc) is 2.32. The number of nitrogens with zero attached hydrogens (tertiary/aromatic N) is 12. The molecule has 0 atom stereocenters. The summed E-state index contributed by atoms with van der Waals surface area (Å²) < 4.78 is 9.63. The second-order valence-electron chi connectivity index (χ2n) is 20.7. The molecular weight excluding hydrogens is 1020 g/mol. The number of hydrogen-bond donors (Lipinski definition) is 0. The number of fused-ring (bicyclic) bond motifs is 12. The summed E-state index contributed by atoms with van der Waals surface area (Å²) in [5, 5.41) is 3.94. The van der Waals surface area contributed by atoms with Gasteiger partial charge in [-0.3, -0.25) is 24.9 Å². The molecule has 0 spiro atoms. The van der Waals surface area contributed by atoms with Crippen molar-refractivity contribution in [1.82, 2.24) is 58.1 Å². The standard InChI is InChI=1S/C71H44N12/c1-43-21-16-30-50(76-43)59-60(71-78-69(44-22-4-2-5-23-44)77-70(79-71)45-24-6-3-7-25-45)66(81-52-32-13-9-27-47(52)62-56(81)36-18-40-73-62)68(83-54-34-15-11-29-49(54)64-58(83)38-20-42-75-64)67(82-53-33-14-10-28-48(53)63-57(82)37-19-41-74-63)65(59)80-51-31-12-8-26-46(51)61-55(80)35-17-39-72-61/h2-42H,1H3. The van der Waals surface area contributed by atoms with E-state index in [1.165, 1.54) is 0 Å². The lowest BCUT2D eigenvalue weighted by molar-refractivity contribution is 1.01. The molecule has 12 nitrogen and oxygen atoms in total. The van der Waals surface area contributed by atoms with E-state index in [1.807, 2.05) is 85.5 Å². The number of aryl methyl sites for hydroxylation is 1. The van der Waals surface area contributed by atoms with Crippen LogP contribution in [0.25, 0.3) is 156 Å². The van der Waals surface area contributed by atoms with Gasteiger partial charge in [-0.05, 0) is 91.9 Å². The Hall–Kier alpha value is -11.5. The van der Waals surface area contributed by atoms with Gasteiger partial charge in [-0.15, -0.1) is 0 Å². The van der Waals surface area contributed by atoms with Crippen LogP contribution in [0.3, 0.4) is 0 Å². The second kappa shape index (κ2) is 18.3. The molecule has 0 saturated heterocycles. The zero-order valence-corrected chi connectivity index (χ0v) is 44.5. The third-order valence-electron chi connectivity index (χ3n) is 16.1. The average molecular weight is 1070 g/mol. The van der Waals surface area contributed by atoms with Crippen LogP contribution in [0.1, 0.15) is 5.69 Å². The molecule has 0 N–H and O–H groups in total. The summed E-state index contributed by atoms with van der Waals surface area (Å²) in [4.78, 5) is 43.4. The third-order valence-corrected chi connectivity index (χ3v) is 16.1. The molecule has 0 saturated carbocycles. The molecule has 12 heteroatoms. The fourth-order valence-corrected chi connectivity index (χ4v) is 12.7. The maximum atomic E-state index is 5.79. The maximum absolute atomic E-state index is 5.79. The summed E-state index contributed by atoms with van der Waals surface area (Å²) in [5.41, 5.74) is 18.6. The summed E-state index contributed by atoms with van der Waals surface area (Å²) in [6.07, 6.45) is 7.52. The highest BCUT2D eigenvalue weighted by Gasteiger charge is 2.37. The van der Waals surface area contributed by atoms with Crippen molar-refractivity contribution >= 4 is 87.7 Å². The highest BCUT2D eigenvalue weighted by atomic mass is 15.2. The van der Waals surface area contributed by atoms with Gasteiger partial charge >= 0.3 is 0 Å². The third kappa shape index (κ3) is 6.93. The monoisotopic (exact) mass is 1060 g/mol. The Morgan fingerprint density at radius 2 is 0.578 bits per heavy atom. The number of hydrogen-bond acceptors (Lipinski definition) is 8. The van der Waals surface area contributed by atoms with Gasteiger partial charge < -0.3 is 18.3 Å². The summed E-state index contributed by atoms with van der Waals surface area (Å²) >= 11 is 0. The fourth-order valence-electron chi connectivity index (χ4n) is 12.7. The van der Waals surface area contributed by atoms with Crippen molar-refractivity contribution in [2.75, 3.05) is 0 Å². The van der Waals surface area contributed by atoms with E-state index in [4.69, 9.17) is 39.9 Å². The normalized spacial score (nSPS) is 11.9. The van der Waals surface area contributed by atoms with Crippen LogP contribution in [0.15, 0.2) is 249 Å². The molecule has 10 heterocycles. The van der Waals surface area contributed by atoms with Crippen molar-refractivity contribution in [3.8, 4) is 68.2 Å². The van der Waals surface area contributed by atoms with Crippen LogP contribution in [0.5, 0.6) is 0 Å². The van der Waals surface area contributed by atoms with E-state index in [0.29, 0.717) is 28.7 Å². The summed E-state index contributed by atoms with van der Waals surface area (Å²) in [6, 6.07) is 77.7. The molecule has 0 aliphatic carbocycles. The van der Waals surface area contributed by atoms with Gasteiger partial charge in [-0.25, -0.2) is 15.0 Å². The van der Waals surface area contributed by atoms with E-state index in [2.05, 4.69) is 189 Å². The van der Waals surface area contributed by atoms with Gasteiger partial charge in [0.05, 0.1) is 100 Å². The first-order valence-electron chi connectivity index (χ1n) is 27.6. The van der Waals surface area contributed by atoms with Crippen molar-refractivity contribution in [2.24, 2.45) is 0 Å². The largest absolute Gasteiger partial charge is 0.305 e. The Morgan fingerprint density at radius 1 is 0.253 bits per heavy atom. The Morgan fingerprint density at radius 3 is 0.964 bits per heavy atom. The zero-order chi connectivity index (χ0) is 54.7. The van der Waals surface area contributed by atoms with Gasteiger partial charge in [0.2, 0.25) is 0 Å². The van der Waals surface area contributed by atoms with E-state index in [1.54, 1.807) is 0 Å². The van der Waals surface area contributed by atoms with E-state index < -0.39 is 0 Å². The SMILES string of the molecule is Cc1cccc(-c2c(-c3nc(-c4ccccc4)nc(-c4ccccc4)n3)c(-n3c4ccccc4c4ncccc43)c(-n3c4ccccc4c4ncccc43)c(-n3c4ccccc4c4ncccc43)c2-n2c3ccccc3c3ncccc32)n1. The first kappa shape index (κ1) is 46.4. The van der Waals surface area contributed by atoms with Gasteiger partial charge in [-0.2, -0.15) is 0 Å².